The van der Waals surface area contributed by atoms with Crippen LogP contribution in [-0.4, -0.2) is 41.3 Å². The van der Waals surface area contributed by atoms with E-state index in [4.69, 9.17) is 22.0 Å². The number of unbranched alkanes of at least 4 members (excludes halogenated alkanes) is 3. The maximum atomic E-state index is 14.0. The Morgan fingerprint density at radius 3 is 1.77 bits per heavy atom. The number of carbonyl (C=O) groups is 2. The fraction of sp³-hybridized carbons (Fsp3) is 0.826. The molecule has 1 aliphatic heterocycles. The molecule has 1 aromatic rings. The van der Waals surface area contributed by atoms with Crippen LogP contribution in [0, 0.1) is 11.8 Å². The van der Waals surface area contributed by atoms with Crippen LogP contribution in [0.2, 0.25) is 0 Å². The summed E-state index contributed by atoms with van der Waals surface area (Å²) in [4.78, 5) is 27.3. The van der Waals surface area contributed by atoms with Gasteiger partial charge in [-0.3, -0.25) is 9.59 Å². The van der Waals surface area contributed by atoms with Crippen LogP contribution in [0.15, 0.2) is 18.2 Å². The highest BCUT2D eigenvalue weighted by Gasteiger charge is 2.53. The smallest absolute Gasteiger partial charge is 0.330 e. The molecule has 0 spiro atoms. The van der Waals surface area contributed by atoms with Crippen molar-refractivity contribution >= 4 is 43.1 Å². The highest BCUT2D eigenvalue weighted by molar-refractivity contribution is 7.81. The standard InChI is InChI=1S/C27H43BNO2S.C9H18O2.C6H14.2C2H6/c1-8-11-19-16-21(17-19)29-23-18-20(28-31-25(4,5)26(6,7)32)12-13-22(23)27(14-9-2,15-10-3)24(29)30;1-6-7(2)8(10)11-9(3,4)5;1-3-5-6-4-2;2*1-2/h12-13,18-19,21,32H,8-11,14-17H2,1-7H3;7H,6H2,1-5H3;3-6H2,1-2H3;2*1-2H3. The summed E-state index contributed by atoms with van der Waals surface area (Å²) in [6, 6.07) is 6.86. The van der Waals surface area contributed by atoms with Gasteiger partial charge in [-0.1, -0.05) is 145 Å². The van der Waals surface area contributed by atoms with Crippen molar-refractivity contribution in [2.24, 2.45) is 11.8 Å². The predicted octanol–water partition coefficient (Wildman–Crippen LogP) is 13.2. The second kappa shape index (κ2) is 26.4. The first-order valence-electron chi connectivity index (χ1n) is 21.7. The lowest BCUT2D eigenvalue weighted by atomic mass is 9.73. The number of anilines is 1. The number of carbonyl (C=O) groups excluding carboxylic acids is 2. The molecule has 1 atom stereocenters. The van der Waals surface area contributed by atoms with Crippen molar-refractivity contribution in [1.29, 1.82) is 0 Å². The molecule has 1 heterocycles. The fourth-order valence-corrected chi connectivity index (χ4v) is 6.54. The molecule has 3 rings (SSSR count). The van der Waals surface area contributed by atoms with Gasteiger partial charge in [0, 0.05) is 16.5 Å². The van der Waals surface area contributed by atoms with Crippen LogP contribution in [0.5, 0.6) is 0 Å². The Labute approximate surface area is 337 Å². The van der Waals surface area contributed by atoms with Crippen molar-refractivity contribution in [3.63, 3.8) is 0 Å². The van der Waals surface area contributed by atoms with Gasteiger partial charge < -0.3 is 14.3 Å². The maximum Gasteiger partial charge on any atom is 0.330 e. The average molecular weight is 761 g/mol. The van der Waals surface area contributed by atoms with Gasteiger partial charge in [0.05, 0.1) is 16.9 Å². The molecule has 1 aliphatic carbocycles. The molecule has 1 saturated carbocycles. The van der Waals surface area contributed by atoms with Crippen molar-refractivity contribution in [2.45, 2.75) is 236 Å². The summed E-state index contributed by atoms with van der Waals surface area (Å²) < 4.78 is 11.1. The first kappa shape index (κ1) is 53.6. The van der Waals surface area contributed by atoms with Crippen LogP contribution in [-0.2, 0) is 24.4 Å². The normalized spacial score (nSPS) is 17.9. The van der Waals surface area contributed by atoms with Crippen molar-refractivity contribution < 1.29 is 19.0 Å². The number of hydrogen-bond acceptors (Lipinski definition) is 5. The minimum Gasteiger partial charge on any atom is -0.460 e. The van der Waals surface area contributed by atoms with Crippen LogP contribution in [0.4, 0.5) is 5.69 Å². The van der Waals surface area contributed by atoms with Crippen molar-refractivity contribution in [3.8, 4) is 0 Å². The molecule has 1 aromatic carbocycles. The van der Waals surface area contributed by atoms with Crippen molar-refractivity contribution in [2.75, 3.05) is 4.90 Å². The third kappa shape index (κ3) is 17.1. The molecule has 1 amide bonds. The Kier molecular flexibility index (Phi) is 26.7. The summed E-state index contributed by atoms with van der Waals surface area (Å²) in [5.74, 6) is 1.03. The third-order valence-corrected chi connectivity index (χ3v) is 10.9. The summed E-state index contributed by atoms with van der Waals surface area (Å²) in [7, 11) is 1.85. The lowest BCUT2D eigenvalue weighted by Gasteiger charge is -2.42. The molecule has 53 heavy (non-hydrogen) atoms. The van der Waals surface area contributed by atoms with E-state index in [0.29, 0.717) is 11.9 Å². The lowest BCUT2D eigenvalue weighted by Crippen LogP contribution is -2.50. The third-order valence-electron chi connectivity index (χ3n) is 10.4. The van der Waals surface area contributed by atoms with E-state index >= 15 is 0 Å². The van der Waals surface area contributed by atoms with Gasteiger partial charge in [0.15, 0.2) is 0 Å². The van der Waals surface area contributed by atoms with E-state index < -0.39 is 5.60 Å². The molecule has 7 heteroatoms. The molecule has 2 aliphatic rings. The van der Waals surface area contributed by atoms with E-state index in [9.17, 15) is 9.59 Å². The Hall–Kier alpha value is -1.47. The minimum absolute atomic E-state index is 0.0224. The van der Waals surface area contributed by atoms with Crippen LogP contribution in [0.3, 0.4) is 0 Å². The zero-order chi connectivity index (χ0) is 41.6. The van der Waals surface area contributed by atoms with Gasteiger partial charge in [-0.05, 0) is 98.1 Å². The van der Waals surface area contributed by atoms with E-state index in [2.05, 4.69) is 85.4 Å². The van der Waals surface area contributed by atoms with Crippen LogP contribution < -0.4 is 10.4 Å². The molecule has 5 nitrogen and oxygen atoms in total. The molecule has 309 valence electrons. The highest BCUT2D eigenvalue weighted by Crippen LogP contribution is 2.51. The first-order chi connectivity index (χ1) is 24.8. The first-order valence-corrected chi connectivity index (χ1v) is 22.2. The quantitative estimate of drug-likeness (QED) is 0.0789. The summed E-state index contributed by atoms with van der Waals surface area (Å²) in [6.07, 6.45) is 15.0. The number of fused-ring (bicyclic) bond motifs is 1. The number of nitrogens with zero attached hydrogens (tertiary/aromatic N) is 1. The summed E-state index contributed by atoms with van der Waals surface area (Å²) >= 11 is 4.72. The molecule has 1 unspecified atom stereocenters. The zero-order valence-electron chi connectivity index (χ0n) is 38.3. The maximum absolute atomic E-state index is 14.0. The fourth-order valence-electron chi connectivity index (χ4n) is 6.49. The summed E-state index contributed by atoms with van der Waals surface area (Å²) in [5.41, 5.74) is 2.25. The van der Waals surface area contributed by atoms with Crippen molar-refractivity contribution in [1.82, 2.24) is 0 Å². The van der Waals surface area contributed by atoms with Crippen LogP contribution >= 0.6 is 12.6 Å². The van der Waals surface area contributed by atoms with Gasteiger partial charge in [0.25, 0.3) is 0 Å². The number of benzene rings is 1. The molecule has 1 radical (unpaired) electrons. The van der Waals surface area contributed by atoms with Crippen molar-refractivity contribution in [3.05, 3.63) is 23.8 Å². The Morgan fingerprint density at radius 2 is 1.38 bits per heavy atom. The Bertz CT molecular complexity index is 1120. The van der Waals surface area contributed by atoms with Gasteiger partial charge in [0.1, 0.15) is 5.60 Å². The van der Waals surface area contributed by atoms with E-state index in [-0.39, 0.29) is 27.7 Å². The average Bonchev–Trinajstić information content (AvgIpc) is 3.31. The molecular formula is C46H87BNO4S. The SMILES string of the molecule is CC.CC.CCC(C)C(=O)OC(C)(C)C.CCCC1CC(N2C(=O)C(CCC)(CCC)c3ccc([B]OC(C)(C)C(C)(C)S)cc32)C1.CCCCCC. The summed E-state index contributed by atoms with van der Waals surface area (Å²) in [5, 5.41) is 0. The van der Waals surface area contributed by atoms with Gasteiger partial charge in [0.2, 0.25) is 5.91 Å². The molecule has 0 aromatic heterocycles. The van der Waals surface area contributed by atoms with E-state index in [0.717, 1.165) is 62.0 Å². The molecule has 0 saturated heterocycles. The molecule has 0 N–H and O–H groups in total. The molecule has 0 bridgehead atoms. The van der Waals surface area contributed by atoms with Gasteiger partial charge in [-0.25, -0.2) is 0 Å². The van der Waals surface area contributed by atoms with Gasteiger partial charge >= 0.3 is 13.5 Å². The summed E-state index contributed by atoms with van der Waals surface area (Å²) in [6.45, 7) is 36.9. The predicted molar refractivity (Wildman–Crippen MR) is 238 cm³/mol. The van der Waals surface area contributed by atoms with E-state index in [1.54, 1.807) is 0 Å². The second-order valence-corrected chi connectivity index (χ2v) is 17.8. The number of ether oxygens (including phenoxy) is 1. The number of amides is 1. The number of esters is 1. The monoisotopic (exact) mass is 761 g/mol. The minimum atomic E-state index is -0.417. The largest absolute Gasteiger partial charge is 0.460 e. The van der Waals surface area contributed by atoms with Crippen LogP contribution in [0.1, 0.15) is 214 Å². The van der Waals surface area contributed by atoms with Gasteiger partial charge in [-0.15, -0.1) is 0 Å². The van der Waals surface area contributed by atoms with E-state index in [1.165, 1.54) is 44.1 Å². The number of thiol groups is 1. The van der Waals surface area contributed by atoms with Gasteiger partial charge in [-0.2, -0.15) is 12.6 Å². The Morgan fingerprint density at radius 1 is 0.868 bits per heavy atom. The van der Waals surface area contributed by atoms with E-state index in [1.807, 2.05) is 69.8 Å². The topological polar surface area (TPSA) is 55.8 Å². The Balaban J connectivity index is 0. The zero-order valence-corrected chi connectivity index (χ0v) is 39.2. The number of rotatable bonds is 16. The number of hydrogen-bond donors (Lipinski definition) is 1. The highest BCUT2D eigenvalue weighted by atomic mass is 32.1. The van der Waals surface area contributed by atoms with Crippen LogP contribution in [0.25, 0.3) is 0 Å². The lowest BCUT2D eigenvalue weighted by molar-refractivity contribution is -0.159. The second-order valence-electron chi connectivity index (χ2n) is 16.7. The molecular weight excluding hydrogens is 673 g/mol. The molecule has 1 fully saturated rings.